The fourth-order valence-corrected chi connectivity index (χ4v) is 5.40. The van der Waals surface area contributed by atoms with Crippen LogP contribution in [0.1, 0.15) is 39.9 Å². The summed E-state index contributed by atoms with van der Waals surface area (Å²) in [5, 5.41) is 0. The number of fused-ring (bicyclic) bond motifs is 2. The molecule has 2 aliphatic rings. The number of aryl methyl sites for hydroxylation is 1. The first-order valence-electron chi connectivity index (χ1n) is 11.9. The van der Waals surface area contributed by atoms with Crippen molar-refractivity contribution in [2.75, 3.05) is 38.8 Å². The van der Waals surface area contributed by atoms with Gasteiger partial charge in [0.2, 0.25) is 0 Å². The molecule has 3 aromatic carbocycles. The summed E-state index contributed by atoms with van der Waals surface area (Å²) in [6, 6.07) is 22.3. The van der Waals surface area contributed by atoms with Crippen molar-refractivity contribution >= 4 is 11.6 Å². The van der Waals surface area contributed by atoms with Gasteiger partial charge in [0.05, 0.1) is 14.2 Å². The highest BCUT2D eigenvalue weighted by molar-refractivity contribution is 6.07. The number of benzene rings is 3. The van der Waals surface area contributed by atoms with Crippen molar-refractivity contribution < 1.29 is 14.3 Å². The highest BCUT2D eigenvalue weighted by Crippen LogP contribution is 2.48. The van der Waals surface area contributed by atoms with Crippen LogP contribution in [0.2, 0.25) is 0 Å². The summed E-state index contributed by atoms with van der Waals surface area (Å²) >= 11 is 0. The molecule has 0 aliphatic carbocycles. The van der Waals surface area contributed by atoms with Gasteiger partial charge in [0, 0.05) is 29.8 Å². The molecular weight excluding hydrogens is 424 g/mol. The molecule has 3 aromatic rings. The van der Waals surface area contributed by atoms with Crippen molar-refractivity contribution in [1.82, 2.24) is 4.90 Å². The normalized spacial score (nSPS) is 17.0. The van der Waals surface area contributed by atoms with Gasteiger partial charge in [0.25, 0.3) is 5.91 Å². The standard InChI is InChI=1S/C29H32N2O3/c1-21-7-9-23(10-8-21)28(32)31-20-29(26-18-25(34-3)11-12-27(26)31)13-15-30(16-14-29)19-22-5-4-6-24(17-22)33-2/h4-12,17-18H,13-16,19-20H2,1-3H3. The Morgan fingerprint density at radius 3 is 2.32 bits per heavy atom. The number of nitrogens with zero attached hydrogens (tertiary/aromatic N) is 2. The third-order valence-corrected chi connectivity index (χ3v) is 7.42. The van der Waals surface area contributed by atoms with Crippen LogP contribution in [-0.2, 0) is 12.0 Å². The Balaban J connectivity index is 1.38. The third kappa shape index (κ3) is 4.16. The zero-order valence-electron chi connectivity index (χ0n) is 20.2. The predicted octanol–water partition coefficient (Wildman–Crippen LogP) is 5.21. The summed E-state index contributed by atoms with van der Waals surface area (Å²) in [4.78, 5) is 18.0. The minimum Gasteiger partial charge on any atom is -0.497 e. The number of piperidine rings is 1. The summed E-state index contributed by atoms with van der Waals surface area (Å²) in [6.07, 6.45) is 2.02. The highest BCUT2D eigenvalue weighted by Gasteiger charge is 2.46. The van der Waals surface area contributed by atoms with Crippen molar-refractivity contribution in [3.05, 3.63) is 89.0 Å². The molecule has 1 spiro atoms. The summed E-state index contributed by atoms with van der Waals surface area (Å²) in [5.41, 5.74) is 5.37. The molecule has 0 bridgehead atoms. The number of carbonyl (C=O) groups excluding carboxylic acids is 1. The average Bonchev–Trinajstić information content (AvgIpc) is 3.19. The van der Waals surface area contributed by atoms with Gasteiger partial charge in [-0.25, -0.2) is 0 Å². The summed E-state index contributed by atoms with van der Waals surface area (Å²) in [5.74, 6) is 1.82. The smallest absolute Gasteiger partial charge is 0.258 e. The Morgan fingerprint density at radius 1 is 0.912 bits per heavy atom. The molecule has 5 nitrogen and oxygen atoms in total. The Bertz CT molecular complexity index is 1180. The predicted molar refractivity (Wildman–Crippen MR) is 135 cm³/mol. The van der Waals surface area contributed by atoms with Crippen LogP contribution in [-0.4, -0.2) is 44.7 Å². The lowest BCUT2D eigenvalue weighted by Crippen LogP contribution is -2.45. The molecule has 0 N–H and O–H groups in total. The second-order valence-electron chi connectivity index (χ2n) is 9.55. The van der Waals surface area contributed by atoms with Crippen LogP contribution >= 0.6 is 0 Å². The van der Waals surface area contributed by atoms with Crippen molar-refractivity contribution in [3.8, 4) is 11.5 Å². The van der Waals surface area contributed by atoms with Crippen molar-refractivity contribution in [1.29, 1.82) is 0 Å². The van der Waals surface area contributed by atoms with E-state index in [1.165, 1.54) is 11.1 Å². The summed E-state index contributed by atoms with van der Waals surface area (Å²) in [6.45, 7) is 5.64. The number of methoxy groups -OCH3 is 2. The van der Waals surface area contributed by atoms with E-state index < -0.39 is 0 Å². The number of anilines is 1. The number of hydrogen-bond donors (Lipinski definition) is 0. The molecule has 2 heterocycles. The van der Waals surface area contributed by atoms with E-state index in [1.54, 1.807) is 14.2 Å². The third-order valence-electron chi connectivity index (χ3n) is 7.42. The lowest BCUT2D eigenvalue weighted by molar-refractivity contribution is 0.0975. The molecule has 2 aliphatic heterocycles. The molecular formula is C29H32N2O3. The quantitative estimate of drug-likeness (QED) is 0.529. The molecule has 5 heteroatoms. The van der Waals surface area contributed by atoms with Crippen molar-refractivity contribution in [3.63, 3.8) is 0 Å². The molecule has 0 radical (unpaired) electrons. The number of hydrogen-bond acceptors (Lipinski definition) is 4. The van der Waals surface area contributed by atoms with Crippen LogP contribution in [0.4, 0.5) is 5.69 Å². The average molecular weight is 457 g/mol. The van der Waals surface area contributed by atoms with Gasteiger partial charge < -0.3 is 14.4 Å². The molecule has 0 saturated carbocycles. The minimum absolute atomic E-state index is 0.0465. The van der Waals surface area contributed by atoms with E-state index in [2.05, 4.69) is 29.2 Å². The number of carbonyl (C=O) groups is 1. The molecule has 5 rings (SSSR count). The molecule has 34 heavy (non-hydrogen) atoms. The van der Waals surface area contributed by atoms with Crippen LogP contribution < -0.4 is 14.4 Å². The zero-order chi connectivity index (χ0) is 23.7. The number of ether oxygens (including phenoxy) is 2. The van der Waals surface area contributed by atoms with Crippen LogP contribution in [0.3, 0.4) is 0 Å². The van der Waals surface area contributed by atoms with E-state index >= 15 is 0 Å². The molecule has 0 aromatic heterocycles. The molecule has 1 saturated heterocycles. The van der Waals surface area contributed by atoms with Gasteiger partial charge in [-0.15, -0.1) is 0 Å². The van der Waals surface area contributed by atoms with E-state index in [9.17, 15) is 4.79 Å². The van der Waals surface area contributed by atoms with E-state index in [-0.39, 0.29) is 11.3 Å². The van der Waals surface area contributed by atoms with E-state index in [4.69, 9.17) is 9.47 Å². The Hall–Kier alpha value is -3.31. The fourth-order valence-electron chi connectivity index (χ4n) is 5.40. The molecule has 176 valence electrons. The van der Waals surface area contributed by atoms with Gasteiger partial charge in [-0.3, -0.25) is 9.69 Å². The molecule has 0 unspecified atom stereocenters. The Morgan fingerprint density at radius 2 is 1.62 bits per heavy atom. The number of amides is 1. The van der Waals surface area contributed by atoms with Gasteiger partial charge in [0.1, 0.15) is 11.5 Å². The first-order chi connectivity index (χ1) is 16.5. The molecule has 1 amide bonds. The van der Waals surface area contributed by atoms with E-state index in [0.29, 0.717) is 0 Å². The first-order valence-corrected chi connectivity index (χ1v) is 11.9. The maximum atomic E-state index is 13.5. The number of likely N-dealkylation sites (tertiary alicyclic amines) is 1. The maximum absolute atomic E-state index is 13.5. The topological polar surface area (TPSA) is 42.0 Å². The fraction of sp³-hybridized carbons (Fsp3) is 0.345. The second-order valence-corrected chi connectivity index (χ2v) is 9.55. The second kappa shape index (κ2) is 9.15. The summed E-state index contributed by atoms with van der Waals surface area (Å²) < 4.78 is 11.0. The van der Waals surface area contributed by atoms with E-state index in [0.717, 1.165) is 67.3 Å². The highest BCUT2D eigenvalue weighted by atomic mass is 16.5. The van der Waals surface area contributed by atoms with Gasteiger partial charge in [-0.2, -0.15) is 0 Å². The Kier molecular flexibility index (Phi) is 6.05. The lowest BCUT2D eigenvalue weighted by Gasteiger charge is -2.40. The van der Waals surface area contributed by atoms with Gasteiger partial charge in [-0.1, -0.05) is 29.8 Å². The zero-order valence-corrected chi connectivity index (χ0v) is 20.2. The van der Waals surface area contributed by atoms with Gasteiger partial charge >= 0.3 is 0 Å². The van der Waals surface area contributed by atoms with Crippen LogP contribution in [0.25, 0.3) is 0 Å². The van der Waals surface area contributed by atoms with Gasteiger partial charge in [-0.05, 0) is 86.4 Å². The van der Waals surface area contributed by atoms with Crippen LogP contribution in [0.5, 0.6) is 11.5 Å². The van der Waals surface area contributed by atoms with Crippen molar-refractivity contribution in [2.45, 2.75) is 31.7 Å². The SMILES string of the molecule is COc1cccc(CN2CCC3(CC2)CN(C(=O)c2ccc(C)cc2)c2ccc(OC)cc23)c1. The largest absolute Gasteiger partial charge is 0.497 e. The minimum atomic E-state index is -0.0465. The molecule has 0 atom stereocenters. The van der Waals surface area contributed by atoms with Crippen molar-refractivity contribution in [2.24, 2.45) is 0 Å². The Labute approximate surface area is 201 Å². The lowest BCUT2D eigenvalue weighted by atomic mass is 9.74. The first kappa shape index (κ1) is 22.5. The van der Waals surface area contributed by atoms with Crippen LogP contribution in [0, 0.1) is 6.92 Å². The van der Waals surface area contributed by atoms with Gasteiger partial charge in [0.15, 0.2) is 0 Å². The summed E-state index contributed by atoms with van der Waals surface area (Å²) in [7, 11) is 3.41. The number of rotatable bonds is 5. The van der Waals surface area contributed by atoms with E-state index in [1.807, 2.05) is 54.3 Å². The van der Waals surface area contributed by atoms with Crippen LogP contribution in [0.15, 0.2) is 66.7 Å². The molecule has 1 fully saturated rings. The maximum Gasteiger partial charge on any atom is 0.258 e. The monoisotopic (exact) mass is 456 g/mol.